The van der Waals surface area contributed by atoms with Gasteiger partial charge in [-0.3, -0.25) is 4.79 Å². The van der Waals surface area contributed by atoms with E-state index in [0.29, 0.717) is 12.0 Å². The number of hydrogen-bond donors (Lipinski definition) is 1. The monoisotopic (exact) mass is 248 g/mol. The fourth-order valence-electron chi connectivity index (χ4n) is 2.19. The van der Waals surface area contributed by atoms with Crippen LogP contribution in [0.15, 0.2) is 12.1 Å². The lowest BCUT2D eigenvalue weighted by molar-refractivity contribution is 0.0976. The van der Waals surface area contributed by atoms with Crippen molar-refractivity contribution in [1.82, 2.24) is 0 Å². The molecule has 18 heavy (non-hydrogen) atoms. The number of phenolic OH excluding ortho intramolecular Hbond substituents is 1. The van der Waals surface area contributed by atoms with Crippen molar-refractivity contribution in [2.45, 2.75) is 59.3 Å². The molecule has 2 heteroatoms. The molecule has 0 heterocycles. The molecule has 0 spiro atoms. The summed E-state index contributed by atoms with van der Waals surface area (Å²) in [6.45, 7) is 8.05. The summed E-state index contributed by atoms with van der Waals surface area (Å²) in [5, 5.41) is 10.2. The van der Waals surface area contributed by atoms with Crippen molar-refractivity contribution in [3.63, 3.8) is 0 Å². The van der Waals surface area contributed by atoms with Crippen molar-refractivity contribution in [2.24, 2.45) is 0 Å². The van der Waals surface area contributed by atoms with Crippen LogP contribution in [0, 0.1) is 6.92 Å². The van der Waals surface area contributed by atoms with E-state index in [4.69, 9.17) is 0 Å². The van der Waals surface area contributed by atoms with E-state index in [1.165, 1.54) is 0 Å². The third kappa shape index (κ3) is 3.34. The number of aryl methyl sites for hydroxylation is 1. The number of unbranched alkanes of at least 4 members (excludes halogenated alkanes) is 2. The molecule has 0 radical (unpaired) electrons. The third-order valence-corrected chi connectivity index (χ3v) is 3.33. The van der Waals surface area contributed by atoms with Crippen molar-refractivity contribution >= 4 is 5.78 Å². The summed E-state index contributed by atoms with van der Waals surface area (Å²) in [7, 11) is 0. The lowest BCUT2D eigenvalue weighted by atomic mass is 9.92. The summed E-state index contributed by atoms with van der Waals surface area (Å²) in [4.78, 5) is 12.2. The molecule has 0 aliphatic carbocycles. The van der Waals surface area contributed by atoms with Crippen molar-refractivity contribution in [1.29, 1.82) is 0 Å². The number of hydrogen-bond acceptors (Lipinski definition) is 2. The Balaban J connectivity index is 3.00. The van der Waals surface area contributed by atoms with Crippen LogP contribution in [0.5, 0.6) is 5.75 Å². The second-order valence-corrected chi connectivity index (χ2v) is 5.23. The van der Waals surface area contributed by atoms with Gasteiger partial charge in [-0.2, -0.15) is 0 Å². The number of carbonyl (C=O) groups is 1. The minimum absolute atomic E-state index is 0.0703. The van der Waals surface area contributed by atoms with Gasteiger partial charge >= 0.3 is 0 Å². The topological polar surface area (TPSA) is 37.3 Å². The Kier molecular flexibility index (Phi) is 5.39. The number of Topliss-reactive ketones (excluding diaryl/α,β-unsaturated/α-hetero) is 1. The van der Waals surface area contributed by atoms with Crippen LogP contribution in [-0.2, 0) is 0 Å². The van der Waals surface area contributed by atoms with Gasteiger partial charge in [0.15, 0.2) is 5.78 Å². The minimum atomic E-state index is 0.0703. The summed E-state index contributed by atoms with van der Waals surface area (Å²) in [6.07, 6.45) is 3.60. The van der Waals surface area contributed by atoms with Crippen LogP contribution in [0.4, 0.5) is 0 Å². The average Bonchev–Trinajstić information content (AvgIpc) is 2.28. The molecule has 0 aliphatic heterocycles. The molecular formula is C16H24O2. The Labute approximate surface area is 110 Å². The molecule has 1 aromatic carbocycles. The van der Waals surface area contributed by atoms with Gasteiger partial charge in [-0.05, 0) is 30.4 Å². The predicted molar refractivity (Wildman–Crippen MR) is 75.4 cm³/mol. The first-order valence-corrected chi connectivity index (χ1v) is 6.84. The molecule has 0 bridgehead atoms. The van der Waals surface area contributed by atoms with Gasteiger partial charge in [0.1, 0.15) is 5.75 Å². The van der Waals surface area contributed by atoms with E-state index in [1.54, 1.807) is 0 Å². The van der Waals surface area contributed by atoms with Crippen LogP contribution in [-0.4, -0.2) is 10.9 Å². The number of carbonyl (C=O) groups excluding carboxylic acids is 1. The van der Waals surface area contributed by atoms with Gasteiger partial charge < -0.3 is 5.11 Å². The van der Waals surface area contributed by atoms with Crippen LogP contribution in [0.1, 0.15) is 73.9 Å². The first-order valence-electron chi connectivity index (χ1n) is 6.84. The Morgan fingerprint density at radius 3 is 2.50 bits per heavy atom. The van der Waals surface area contributed by atoms with Crippen LogP contribution < -0.4 is 0 Å². The second-order valence-electron chi connectivity index (χ2n) is 5.23. The van der Waals surface area contributed by atoms with Crippen molar-refractivity contribution in [3.05, 3.63) is 28.8 Å². The standard InChI is InChI=1S/C16H24O2/c1-5-6-7-8-14(17)15-12(4)9-10-13(11(2)3)16(15)18/h9-11,18H,5-8H2,1-4H3. The molecule has 0 aromatic heterocycles. The molecule has 0 saturated heterocycles. The minimum Gasteiger partial charge on any atom is -0.507 e. The number of benzene rings is 1. The molecule has 0 fully saturated rings. The maximum Gasteiger partial charge on any atom is 0.166 e. The SMILES string of the molecule is CCCCCC(=O)c1c(C)ccc(C(C)C)c1O. The summed E-state index contributed by atoms with van der Waals surface area (Å²) < 4.78 is 0. The highest BCUT2D eigenvalue weighted by Gasteiger charge is 2.18. The Morgan fingerprint density at radius 1 is 1.28 bits per heavy atom. The predicted octanol–water partition coefficient (Wildman–Crippen LogP) is 4.59. The van der Waals surface area contributed by atoms with Gasteiger partial charge in [0.05, 0.1) is 5.56 Å². The average molecular weight is 248 g/mol. The maximum atomic E-state index is 12.2. The number of aromatic hydroxyl groups is 1. The first-order chi connectivity index (χ1) is 8.49. The van der Waals surface area contributed by atoms with E-state index in [-0.39, 0.29) is 17.5 Å². The number of phenols is 1. The first kappa shape index (κ1) is 14.7. The molecule has 2 nitrogen and oxygen atoms in total. The zero-order valence-corrected chi connectivity index (χ0v) is 11.9. The van der Waals surface area contributed by atoms with Gasteiger partial charge in [-0.25, -0.2) is 0 Å². The van der Waals surface area contributed by atoms with Crippen molar-refractivity contribution in [2.75, 3.05) is 0 Å². The van der Waals surface area contributed by atoms with E-state index >= 15 is 0 Å². The molecule has 0 aliphatic rings. The quantitative estimate of drug-likeness (QED) is 0.590. The molecule has 1 N–H and O–H groups in total. The highest BCUT2D eigenvalue weighted by atomic mass is 16.3. The van der Waals surface area contributed by atoms with Crippen LogP contribution >= 0.6 is 0 Å². The molecule has 100 valence electrons. The summed E-state index contributed by atoms with van der Waals surface area (Å²) in [5.41, 5.74) is 2.26. The largest absolute Gasteiger partial charge is 0.507 e. The maximum absolute atomic E-state index is 12.2. The van der Waals surface area contributed by atoms with Gasteiger partial charge in [0, 0.05) is 6.42 Å². The Morgan fingerprint density at radius 2 is 1.94 bits per heavy atom. The summed E-state index contributed by atoms with van der Waals surface area (Å²) in [5.74, 6) is 0.486. The molecule has 0 atom stereocenters. The van der Waals surface area contributed by atoms with Gasteiger partial charge in [-0.1, -0.05) is 45.7 Å². The molecule has 1 rings (SSSR count). The smallest absolute Gasteiger partial charge is 0.166 e. The summed E-state index contributed by atoms with van der Waals surface area (Å²) >= 11 is 0. The Hall–Kier alpha value is -1.31. The molecule has 0 amide bonds. The number of ketones is 1. The van der Waals surface area contributed by atoms with Crippen LogP contribution in [0.2, 0.25) is 0 Å². The third-order valence-electron chi connectivity index (χ3n) is 3.33. The van der Waals surface area contributed by atoms with Gasteiger partial charge in [0.2, 0.25) is 0 Å². The number of rotatable bonds is 6. The van der Waals surface area contributed by atoms with Crippen molar-refractivity contribution < 1.29 is 9.90 Å². The zero-order valence-electron chi connectivity index (χ0n) is 11.9. The van der Waals surface area contributed by atoms with Gasteiger partial charge in [0.25, 0.3) is 0 Å². The van der Waals surface area contributed by atoms with E-state index in [0.717, 1.165) is 30.4 Å². The highest BCUT2D eigenvalue weighted by molar-refractivity contribution is 6.00. The van der Waals surface area contributed by atoms with Crippen LogP contribution in [0.3, 0.4) is 0 Å². The second kappa shape index (κ2) is 6.58. The lowest BCUT2D eigenvalue weighted by Gasteiger charge is -2.14. The molecular weight excluding hydrogens is 224 g/mol. The molecule has 0 saturated carbocycles. The van der Waals surface area contributed by atoms with Gasteiger partial charge in [-0.15, -0.1) is 0 Å². The highest BCUT2D eigenvalue weighted by Crippen LogP contribution is 2.32. The fraction of sp³-hybridized carbons (Fsp3) is 0.562. The van der Waals surface area contributed by atoms with Crippen molar-refractivity contribution in [3.8, 4) is 5.75 Å². The van der Waals surface area contributed by atoms with E-state index < -0.39 is 0 Å². The van der Waals surface area contributed by atoms with E-state index in [2.05, 4.69) is 6.92 Å². The summed E-state index contributed by atoms with van der Waals surface area (Å²) in [6, 6.07) is 3.85. The molecule has 0 unspecified atom stereocenters. The van der Waals surface area contributed by atoms with E-state index in [1.807, 2.05) is 32.9 Å². The van der Waals surface area contributed by atoms with Crippen LogP contribution in [0.25, 0.3) is 0 Å². The normalized spacial score (nSPS) is 10.9. The lowest BCUT2D eigenvalue weighted by Crippen LogP contribution is -2.04. The van der Waals surface area contributed by atoms with E-state index in [9.17, 15) is 9.90 Å². The molecule has 1 aromatic rings. The zero-order chi connectivity index (χ0) is 13.7. The Bertz CT molecular complexity index is 419. The fourth-order valence-corrected chi connectivity index (χ4v) is 2.19.